The average Bonchev–Trinajstić information content (AvgIpc) is 2.86. The SMILES string of the molecule is O=C(Nc1cc(F)c(F)c(-c2nccc3ccccc23)c1)c1ccc(N2CCCCS2(=O)=O)cc1. The van der Waals surface area contributed by atoms with E-state index in [0.29, 0.717) is 24.0 Å². The Bertz CT molecular complexity index is 1530. The molecule has 178 valence electrons. The normalized spacial score (nSPS) is 15.2. The molecule has 1 amide bonds. The zero-order chi connectivity index (χ0) is 24.6. The Morgan fingerprint density at radius 3 is 2.51 bits per heavy atom. The van der Waals surface area contributed by atoms with Crippen molar-refractivity contribution in [3.05, 3.63) is 90.1 Å². The number of anilines is 2. The fraction of sp³-hybridized carbons (Fsp3) is 0.154. The van der Waals surface area contributed by atoms with Crippen LogP contribution in [0.4, 0.5) is 20.2 Å². The number of pyridine rings is 1. The van der Waals surface area contributed by atoms with E-state index in [1.165, 1.54) is 28.7 Å². The number of sulfonamides is 1. The smallest absolute Gasteiger partial charge is 0.255 e. The minimum Gasteiger partial charge on any atom is -0.322 e. The van der Waals surface area contributed by atoms with Crippen LogP contribution in [0, 0.1) is 11.6 Å². The van der Waals surface area contributed by atoms with Gasteiger partial charge in [-0.15, -0.1) is 0 Å². The van der Waals surface area contributed by atoms with Gasteiger partial charge in [-0.1, -0.05) is 24.3 Å². The topological polar surface area (TPSA) is 79.4 Å². The van der Waals surface area contributed by atoms with Gasteiger partial charge in [0.25, 0.3) is 5.91 Å². The molecule has 0 bridgehead atoms. The van der Waals surface area contributed by atoms with Crippen LogP contribution in [0.1, 0.15) is 23.2 Å². The highest BCUT2D eigenvalue weighted by atomic mass is 32.2. The lowest BCUT2D eigenvalue weighted by Crippen LogP contribution is -2.37. The molecule has 6 nitrogen and oxygen atoms in total. The number of fused-ring (bicyclic) bond motifs is 1. The summed E-state index contributed by atoms with van der Waals surface area (Å²) in [7, 11) is -3.36. The summed E-state index contributed by atoms with van der Waals surface area (Å²) in [6.07, 6.45) is 2.92. The largest absolute Gasteiger partial charge is 0.322 e. The van der Waals surface area contributed by atoms with E-state index in [4.69, 9.17) is 0 Å². The lowest BCUT2D eigenvalue weighted by Gasteiger charge is -2.28. The third-order valence-corrected chi connectivity index (χ3v) is 7.85. The van der Waals surface area contributed by atoms with E-state index in [-0.39, 0.29) is 28.3 Å². The average molecular weight is 494 g/mol. The second-order valence-corrected chi connectivity index (χ2v) is 10.3. The summed E-state index contributed by atoms with van der Waals surface area (Å²) in [4.78, 5) is 17.1. The first-order chi connectivity index (χ1) is 16.8. The van der Waals surface area contributed by atoms with Crippen molar-refractivity contribution in [3.8, 4) is 11.3 Å². The van der Waals surface area contributed by atoms with E-state index < -0.39 is 27.6 Å². The number of carbonyl (C=O) groups is 1. The van der Waals surface area contributed by atoms with Crippen LogP contribution in [-0.2, 0) is 10.0 Å². The zero-order valence-corrected chi connectivity index (χ0v) is 19.4. The van der Waals surface area contributed by atoms with Crippen molar-refractivity contribution in [2.24, 2.45) is 0 Å². The van der Waals surface area contributed by atoms with Crippen molar-refractivity contribution < 1.29 is 22.0 Å². The second-order valence-electron chi connectivity index (χ2n) is 8.30. The third kappa shape index (κ3) is 4.46. The van der Waals surface area contributed by atoms with Crippen molar-refractivity contribution in [3.63, 3.8) is 0 Å². The molecule has 1 aromatic heterocycles. The van der Waals surface area contributed by atoms with Crippen molar-refractivity contribution in [2.45, 2.75) is 12.8 Å². The third-order valence-electron chi connectivity index (χ3n) is 5.98. The van der Waals surface area contributed by atoms with Gasteiger partial charge in [0.15, 0.2) is 11.6 Å². The van der Waals surface area contributed by atoms with Gasteiger partial charge in [0.2, 0.25) is 10.0 Å². The van der Waals surface area contributed by atoms with E-state index in [1.54, 1.807) is 30.3 Å². The first-order valence-corrected chi connectivity index (χ1v) is 12.7. The Hall–Kier alpha value is -3.85. The molecule has 0 radical (unpaired) electrons. The predicted octanol–water partition coefficient (Wildman–Crippen LogP) is 5.36. The van der Waals surface area contributed by atoms with Crippen LogP contribution in [-0.4, -0.2) is 31.6 Å². The molecule has 0 saturated carbocycles. The number of aromatic nitrogens is 1. The van der Waals surface area contributed by atoms with Gasteiger partial charge in [-0.2, -0.15) is 0 Å². The molecule has 1 aliphatic heterocycles. The molecule has 4 aromatic rings. The number of carbonyl (C=O) groups excluding carboxylic acids is 1. The molecule has 1 N–H and O–H groups in total. The van der Waals surface area contributed by atoms with Gasteiger partial charge in [-0.3, -0.25) is 14.1 Å². The highest BCUT2D eigenvalue weighted by Gasteiger charge is 2.26. The van der Waals surface area contributed by atoms with Crippen LogP contribution in [0.5, 0.6) is 0 Å². The first-order valence-electron chi connectivity index (χ1n) is 11.1. The second kappa shape index (κ2) is 9.07. The van der Waals surface area contributed by atoms with Gasteiger partial charge >= 0.3 is 0 Å². The van der Waals surface area contributed by atoms with Crippen molar-refractivity contribution in [2.75, 3.05) is 21.9 Å². The van der Waals surface area contributed by atoms with Crippen LogP contribution in [0.15, 0.2) is 72.9 Å². The van der Waals surface area contributed by atoms with Gasteiger partial charge in [-0.05, 0) is 54.6 Å². The van der Waals surface area contributed by atoms with E-state index in [0.717, 1.165) is 17.9 Å². The van der Waals surface area contributed by atoms with Gasteiger partial charge in [0.1, 0.15) is 0 Å². The summed E-state index contributed by atoms with van der Waals surface area (Å²) in [5, 5.41) is 4.07. The van der Waals surface area contributed by atoms with E-state index in [9.17, 15) is 22.0 Å². The van der Waals surface area contributed by atoms with Gasteiger partial charge < -0.3 is 5.32 Å². The monoisotopic (exact) mass is 493 g/mol. The minimum atomic E-state index is -3.36. The maximum absolute atomic E-state index is 14.8. The Labute approximate surface area is 201 Å². The highest BCUT2D eigenvalue weighted by molar-refractivity contribution is 7.92. The van der Waals surface area contributed by atoms with Crippen molar-refractivity contribution in [1.82, 2.24) is 4.98 Å². The molecule has 0 aliphatic carbocycles. The Morgan fingerprint density at radius 2 is 1.74 bits per heavy atom. The number of halogens is 2. The van der Waals surface area contributed by atoms with Crippen LogP contribution in [0.3, 0.4) is 0 Å². The number of hydrogen-bond acceptors (Lipinski definition) is 4. The summed E-state index contributed by atoms with van der Waals surface area (Å²) in [6, 6.07) is 17.4. The summed E-state index contributed by atoms with van der Waals surface area (Å²) < 4.78 is 55.2. The van der Waals surface area contributed by atoms with Crippen molar-refractivity contribution in [1.29, 1.82) is 0 Å². The van der Waals surface area contributed by atoms with Gasteiger partial charge in [-0.25, -0.2) is 17.2 Å². The molecule has 0 atom stereocenters. The van der Waals surface area contributed by atoms with Crippen LogP contribution in [0.2, 0.25) is 0 Å². The molecular formula is C26H21F2N3O3S. The van der Waals surface area contributed by atoms with Crippen LogP contribution < -0.4 is 9.62 Å². The fourth-order valence-corrected chi connectivity index (χ4v) is 5.87. The molecule has 1 aliphatic rings. The highest BCUT2D eigenvalue weighted by Crippen LogP contribution is 2.32. The van der Waals surface area contributed by atoms with Gasteiger partial charge in [0, 0.05) is 41.0 Å². The molecular weight excluding hydrogens is 472 g/mol. The summed E-state index contributed by atoms with van der Waals surface area (Å²) in [6.45, 7) is 0.397. The standard InChI is InChI=1S/C26H21F2N3O3S/c27-23-16-19(15-22(24(23)28)25-21-6-2-1-5-17(21)11-12-29-25)30-26(32)18-7-9-20(10-8-18)31-13-3-4-14-35(31,33)34/h1-2,5-12,15-16H,3-4,13-14H2,(H,30,32). The quantitative estimate of drug-likeness (QED) is 0.415. The van der Waals surface area contributed by atoms with E-state index in [2.05, 4.69) is 10.3 Å². The fourth-order valence-electron chi connectivity index (χ4n) is 4.23. The minimum absolute atomic E-state index is 0.0669. The molecule has 2 heterocycles. The molecule has 0 spiro atoms. The Kier molecular flexibility index (Phi) is 5.94. The number of hydrogen-bond donors (Lipinski definition) is 1. The number of amides is 1. The number of nitrogens with one attached hydrogen (secondary N) is 1. The van der Waals surface area contributed by atoms with Crippen molar-refractivity contribution >= 4 is 38.1 Å². The van der Waals surface area contributed by atoms with Crippen LogP contribution in [0.25, 0.3) is 22.0 Å². The van der Waals surface area contributed by atoms with Gasteiger partial charge in [0.05, 0.1) is 17.1 Å². The zero-order valence-electron chi connectivity index (χ0n) is 18.5. The Balaban J connectivity index is 1.43. The first kappa shape index (κ1) is 22.9. The van der Waals surface area contributed by atoms with E-state index >= 15 is 0 Å². The Morgan fingerprint density at radius 1 is 0.971 bits per heavy atom. The number of rotatable bonds is 4. The molecule has 0 unspecified atom stereocenters. The molecule has 1 fully saturated rings. The molecule has 35 heavy (non-hydrogen) atoms. The predicted molar refractivity (Wildman–Crippen MR) is 132 cm³/mol. The van der Waals surface area contributed by atoms with E-state index in [1.807, 2.05) is 12.1 Å². The molecule has 9 heteroatoms. The number of benzene rings is 3. The molecule has 5 rings (SSSR count). The summed E-state index contributed by atoms with van der Waals surface area (Å²) in [5.41, 5.74) is 1.00. The summed E-state index contributed by atoms with van der Waals surface area (Å²) in [5.74, 6) is -2.61. The summed E-state index contributed by atoms with van der Waals surface area (Å²) >= 11 is 0. The maximum Gasteiger partial charge on any atom is 0.255 e. The maximum atomic E-state index is 14.8. The lowest BCUT2D eigenvalue weighted by molar-refractivity contribution is 0.102. The van der Waals surface area contributed by atoms with Crippen LogP contribution >= 0.6 is 0 Å². The lowest BCUT2D eigenvalue weighted by atomic mass is 10.0. The number of nitrogens with zero attached hydrogens (tertiary/aromatic N) is 2. The molecule has 1 saturated heterocycles. The molecule has 3 aromatic carbocycles.